The van der Waals surface area contributed by atoms with Crippen molar-refractivity contribution in [3.8, 4) is 5.88 Å². The van der Waals surface area contributed by atoms with Gasteiger partial charge in [-0.05, 0) is 11.6 Å². The highest BCUT2D eigenvalue weighted by atomic mass is 19.3. The maximum absolute atomic E-state index is 12.3. The van der Waals surface area contributed by atoms with Crippen molar-refractivity contribution >= 4 is 6.03 Å². The van der Waals surface area contributed by atoms with E-state index >= 15 is 0 Å². The van der Waals surface area contributed by atoms with E-state index in [0.29, 0.717) is 5.56 Å². The zero-order valence-electron chi connectivity index (χ0n) is 11.2. The Morgan fingerprint density at radius 2 is 2.19 bits per heavy atom. The zero-order valence-corrected chi connectivity index (χ0v) is 11.2. The molecule has 0 fully saturated rings. The molecule has 0 aliphatic carbocycles. The highest BCUT2D eigenvalue weighted by Gasteiger charge is 2.06. The van der Waals surface area contributed by atoms with Crippen LogP contribution in [0.15, 0.2) is 30.7 Å². The van der Waals surface area contributed by atoms with Crippen molar-refractivity contribution in [3.63, 3.8) is 0 Å². The molecule has 0 radical (unpaired) electrons. The Morgan fingerprint density at radius 3 is 2.86 bits per heavy atom. The van der Waals surface area contributed by atoms with Gasteiger partial charge in [-0.3, -0.25) is 0 Å². The average Bonchev–Trinajstić information content (AvgIpc) is 2.43. The molecule has 1 aromatic heterocycles. The Hall–Kier alpha value is -2.25. The summed E-state index contributed by atoms with van der Waals surface area (Å²) < 4.78 is 41.1. The Morgan fingerprint density at radius 1 is 1.43 bits per heavy atom. The molecule has 1 aromatic rings. The van der Waals surface area contributed by atoms with Crippen LogP contribution in [-0.2, 0) is 6.54 Å². The van der Waals surface area contributed by atoms with Crippen LogP contribution < -0.4 is 15.4 Å². The second-order valence-corrected chi connectivity index (χ2v) is 4.08. The number of carbonyl (C=O) groups is 1. The molecular formula is C13H16F3N3O2. The van der Waals surface area contributed by atoms with Gasteiger partial charge in [0, 0.05) is 31.8 Å². The summed E-state index contributed by atoms with van der Waals surface area (Å²) in [6.45, 7) is 2.64. The Labute approximate surface area is 120 Å². The number of hydrogen-bond acceptors (Lipinski definition) is 3. The van der Waals surface area contributed by atoms with Crippen LogP contribution >= 0.6 is 0 Å². The minimum absolute atomic E-state index is 0.0499. The molecule has 0 saturated heterocycles. The molecule has 8 heteroatoms. The first-order valence-corrected chi connectivity index (χ1v) is 6.18. The highest BCUT2D eigenvalue weighted by molar-refractivity contribution is 5.73. The van der Waals surface area contributed by atoms with Crippen LogP contribution in [0.3, 0.4) is 0 Å². The molecule has 2 amide bonds. The van der Waals surface area contributed by atoms with E-state index in [-0.39, 0.29) is 25.4 Å². The van der Waals surface area contributed by atoms with Crippen LogP contribution in [0.5, 0.6) is 5.88 Å². The smallest absolute Gasteiger partial charge is 0.315 e. The van der Waals surface area contributed by atoms with E-state index in [1.165, 1.54) is 12.3 Å². The Kier molecular flexibility index (Phi) is 7.06. The van der Waals surface area contributed by atoms with Gasteiger partial charge in [-0.1, -0.05) is 6.58 Å². The van der Waals surface area contributed by atoms with Crippen LogP contribution in [0.25, 0.3) is 0 Å². The van der Waals surface area contributed by atoms with Gasteiger partial charge in [0.2, 0.25) is 5.88 Å². The van der Waals surface area contributed by atoms with E-state index in [2.05, 4.69) is 22.2 Å². The molecule has 0 spiro atoms. The van der Waals surface area contributed by atoms with E-state index in [4.69, 9.17) is 4.74 Å². The number of rotatable bonds is 8. The number of amides is 2. The van der Waals surface area contributed by atoms with Crippen molar-refractivity contribution in [3.05, 3.63) is 36.3 Å². The fourth-order valence-electron chi connectivity index (χ4n) is 1.34. The lowest BCUT2D eigenvalue weighted by molar-refractivity contribution is 0.0795. The number of urea groups is 1. The van der Waals surface area contributed by atoms with Crippen molar-refractivity contribution in [2.45, 2.75) is 19.4 Å². The third-order valence-electron chi connectivity index (χ3n) is 2.29. The zero-order chi connectivity index (χ0) is 15.7. The predicted molar refractivity (Wildman–Crippen MR) is 70.8 cm³/mol. The number of pyridine rings is 1. The number of halogens is 3. The summed E-state index contributed by atoms with van der Waals surface area (Å²) >= 11 is 0. The molecule has 0 aromatic carbocycles. The summed E-state index contributed by atoms with van der Waals surface area (Å²) in [7, 11) is 0. The fraction of sp³-hybridized carbons (Fsp3) is 0.385. The molecule has 1 rings (SSSR count). The molecule has 1 heterocycles. The Balaban J connectivity index is 2.35. The summed E-state index contributed by atoms with van der Waals surface area (Å²) in [5, 5.41) is 4.97. The summed E-state index contributed by atoms with van der Waals surface area (Å²) in [6.07, 6.45) is -1.14. The van der Waals surface area contributed by atoms with Crippen molar-refractivity contribution < 1.29 is 22.7 Å². The van der Waals surface area contributed by atoms with Crippen LogP contribution in [0, 0.1) is 0 Å². The second-order valence-electron chi connectivity index (χ2n) is 4.08. The molecule has 0 saturated carbocycles. The average molecular weight is 303 g/mol. The lowest BCUT2D eigenvalue weighted by atomic mass is 10.2. The standard InChI is InChI=1S/C13H16F3N3O2/c1-9(14)2-4-18-13(20)19-7-10-3-5-17-12(6-10)21-8-11(15)16/h3,5-6,11H,1-2,4,7-8H2,(H2,18,19,20). The van der Waals surface area contributed by atoms with E-state index in [1.807, 2.05) is 0 Å². The van der Waals surface area contributed by atoms with E-state index in [1.54, 1.807) is 6.07 Å². The molecule has 5 nitrogen and oxygen atoms in total. The van der Waals surface area contributed by atoms with Gasteiger partial charge in [0.25, 0.3) is 6.43 Å². The summed E-state index contributed by atoms with van der Waals surface area (Å²) in [5.41, 5.74) is 0.638. The number of nitrogens with zero attached hydrogens (tertiary/aromatic N) is 1. The molecule has 0 aliphatic heterocycles. The van der Waals surface area contributed by atoms with Crippen molar-refractivity contribution in [2.75, 3.05) is 13.2 Å². The van der Waals surface area contributed by atoms with Crippen molar-refractivity contribution in [2.24, 2.45) is 0 Å². The van der Waals surface area contributed by atoms with Gasteiger partial charge in [0.1, 0.15) is 0 Å². The second kappa shape index (κ2) is 8.83. The van der Waals surface area contributed by atoms with Gasteiger partial charge < -0.3 is 15.4 Å². The predicted octanol–water partition coefficient (Wildman–Crippen LogP) is 2.40. The summed E-state index contributed by atoms with van der Waals surface area (Å²) in [6, 6.07) is 2.59. The van der Waals surface area contributed by atoms with Crippen LogP contribution in [0.4, 0.5) is 18.0 Å². The molecule has 0 aliphatic rings. The lowest BCUT2D eigenvalue weighted by Gasteiger charge is -2.08. The third-order valence-corrected chi connectivity index (χ3v) is 2.29. The normalized spacial score (nSPS) is 10.3. The number of alkyl halides is 2. The molecular weight excluding hydrogens is 287 g/mol. The maximum atomic E-state index is 12.3. The van der Waals surface area contributed by atoms with Crippen molar-refractivity contribution in [1.29, 1.82) is 0 Å². The third kappa shape index (κ3) is 7.81. The van der Waals surface area contributed by atoms with Gasteiger partial charge in [-0.15, -0.1) is 0 Å². The first kappa shape index (κ1) is 16.8. The van der Waals surface area contributed by atoms with Gasteiger partial charge >= 0.3 is 6.03 Å². The topological polar surface area (TPSA) is 63.2 Å². The lowest BCUT2D eigenvalue weighted by Crippen LogP contribution is -2.35. The summed E-state index contributed by atoms with van der Waals surface area (Å²) in [4.78, 5) is 15.1. The van der Waals surface area contributed by atoms with Crippen molar-refractivity contribution in [1.82, 2.24) is 15.6 Å². The maximum Gasteiger partial charge on any atom is 0.315 e. The molecule has 0 bridgehead atoms. The minimum atomic E-state index is -2.58. The van der Waals surface area contributed by atoms with Gasteiger partial charge in [-0.2, -0.15) is 0 Å². The van der Waals surface area contributed by atoms with E-state index in [0.717, 1.165) is 0 Å². The number of hydrogen-bond donors (Lipinski definition) is 2. The minimum Gasteiger partial charge on any atom is -0.472 e. The first-order chi connectivity index (χ1) is 9.97. The number of ether oxygens (including phenoxy) is 1. The number of aromatic nitrogens is 1. The molecule has 116 valence electrons. The molecule has 0 unspecified atom stereocenters. The summed E-state index contributed by atoms with van der Waals surface area (Å²) in [5.74, 6) is -0.450. The van der Waals surface area contributed by atoms with Gasteiger partial charge in [0.05, 0.1) is 5.83 Å². The fourth-order valence-corrected chi connectivity index (χ4v) is 1.34. The van der Waals surface area contributed by atoms with Crippen LogP contribution in [0.2, 0.25) is 0 Å². The highest BCUT2D eigenvalue weighted by Crippen LogP contribution is 2.10. The number of carbonyl (C=O) groups excluding carboxylic acids is 1. The molecule has 2 N–H and O–H groups in total. The Bertz CT molecular complexity index is 483. The van der Waals surface area contributed by atoms with Gasteiger partial charge in [-0.25, -0.2) is 22.9 Å². The van der Waals surface area contributed by atoms with E-state index in [9.17, 15) is 18.0 Å². The van der Waals surface area contributed by atoms with Crippen LogP contribution in [-0.4, -0.2) is 30.6 Å². The van der Waals surface area contributed by atoms with Crippen LogP contribution in [0.1, 0.15) is 12.0 Å². The van der Waals surface area contributed by atoms with Gasteiger partial charge in [0.15, 0.2) is 6.61 Å². The monoisotopic (exact) mass is 303 g/mol. The molecule has 0 atom stereocenters. The SMILES string of the molecule is C=C(F)CCNC(=O)NCc1ccnc(OCC(F)F)c1. The molecule has 21 heavy (non-hydrogen) atoms. The largest absolute Gasteiger partial charge is 0.472 e. The number of nitrogens with one attached hydrogen (secondary N) is 2. The van der Waals surface area contributed by atoms with E-state index < -0.39 is 24.9 Å². The first-order valence-electron chi connectivity index (χ1n) is 6.18. The quantitative estimate of drug-likeness (QED) is 0.775.